The molecule has 1 aromatic carbocycles. The van der Waals surface area contributed by atoms with Crippen LogP contribution in [0.5, 0.6) is 5.75 Å². The molecule has 0 fully saturated rings. The number of phenolic OH excluding ortho intramolecular Hbond substituents is 1. The van der Waals surface area contributed by atoms with Gasteiger partial charge in [0.15, 0.2) is 28.4 Å². The second kappa shape index (κ2) is 17.9. The van der Waals surface area contributed by atoms with Crippen LogP contribution in [0.4, 0.5) is 17.3 Å². The van der Waals surface area contributed by atoms with Gasteiger partial charge in [-0.1, -0.05) is 62.6 Å². The van der Waals surface area contributed by atoms with Crippen molar-refractivity contribution in [2.24, 2.45) is 0 Å². The second-order valence-corrected chi connectivity index (χ2v) is 10.2. The molecule has 2 amide bonds. The summed E-state index contributed by atoms with van der Waals surface area (Å²) in [6, 6.07) is 4.92. The first-order chi connectivity index (χ1) is 19.6. The molecule has 0 aliphatic heterocycles. The van der Waals surface area contributed by atoms with Crippen LogP contribution in [0.25, 0.3) is 0 Å². The van der Waals surface area contributed by atoms with Gasteiger partial charge in [0.2, 0.25) is 6.41 Å². The fraction of sp³-hybridized carbons (Fsp3) is 0.519. The number of anilines is 3. The Morgan fingerprint density at radius 3 is 2.41 bits per heavy atom. The third-order valence-electron chi connectivity index (χ3n) is 6.50. The Kier molecular flexibility index (Phi) is 14.6. The maximum atomic E-state index is 12.2. The summed E-state index contributed by atoms with van der Waals surface area (Å²) in [6.07, 6.45) is 9.52. The summed E-state index contributed by atoms with van der Waals surface area (Å²) in [5.74, 6) is -1.10. The summed E-state index contributed by atoms with van der Waals surface area (Å²) in [6.45, 7) is 3.04. The van der Waals surface area contributed by atoms with E-state index in [0.29, 0.717) is 25.1 Å². The number of aliphatic hydroxyl groups excluding tert-OH is 1. The zero-order valence-corrected chi connectivity index (χ0v) is 24.1. The highest BCUT2D eigenvalue weighted by atomic mass is 35.5. The van der Waals surface area contributed by atoms with Crippen LogP contribution in [-0.4, -0.2) is 57.6 Å². The lowest BCUT2D eigenvalue weighted by atomic mass is 10.0. The lowest BCUT2D eigenvalue weighted by Crippen LogP contribution is -2.41. The third kappa shape index (κ3) is 12.2. The quantitative estimate of drug-likeness (QED) is 0.0404. The van der Waals surface area contributed by atoms with Gasteiger partial charge in [-0.2, -0.15) is 0 Å². The number of aromatic nitrogens is 2. The van der Waals surface area contributed by atoms with Crippen molar-refractivity contribution in [3.8, 4) is 5.75 Å². The van der Waals surface area contributed by atoms with Crippen LogP contribution < -0.4 is 32.7 Å². The van der Waals surface area contributed by atoms with E-state index < -0.39 is 12.0 Å². The molecule has 11 N–H and O–H groups in total. The standard InChI is InChI=1S/C27H42ClN9O4/c1-17(33-15-21(40)18-11-12-20(39)19(14-18)34-16-38)10-8-6-4-2-3-5-7-9-13-32-27(31)37-26(41)22-24(29)36-25(30)23(28)35-22/h11-12,14,16-17,21,33,39-40H,2-10,13,15H2,1H3,(H,34,38)(H4,29,30,36)(H3,31,32,37,41)/t17-,21-/m0/s1. The number of benzene rings is 1. The molecular formula is C27H42ClN9O4. The van der Waals surface area contributed by atoms with Crippen LogP contribution in [0, 0.1) is 5.41 Å². The van der Waals surface area contributed by atoms with Crippen LogP contribution in [0.2, 0.25) is 5.15 Å². The lowest BCUT2D eigenvalue weighted by Gasteiger charge is -2.18. The van der Waals surface area contributed by atoms with Crippen LogP contribution >= 0.6 is 11.6 Å². The fourth-order valence-electron chi connectivity index (χ4n) is 4.15. The summed E-state index contributed by atoms with van der Waals surface area (Å²) < 4.78 is 0. The number of phenols is 1. The zero-order chi connectivity index (χ0) is 30.2. The summed E-state index contributed by atoms with van der Waals surface area (Å²) in [5.41, 5.74) is 11.9. The van der Waals surface area contributed by atoms with E-state index in [9.17, 15) is 19.8 Å². The van der Waals surface area contributed by atoms with Crippen molar-refractivity contribution < 1.29 is 19.8 Å². The normalized spacial score (nSPS) is 12.4. The molecule has 2 aromatic rings. The number of rotatable bonds is 18. The Morgan fingerprint density at radius 2 is 1.73 bits per heavy atom. The molecule has 1 heterocycles. The molecule has 41 heavy (non-hydrogen) atoms. The number of nitrogens with zero attached hydrogens (tertiary/aromatic N) is 2. The van der Waals surface area contributed by atoms with Crippen molar-refractivity contribution >= 4 is 47.2 Å². The van der Waals surface area contributed by atoms with E-state index in [1.165, 1.54) is 18.9 Å². The minimum atomic E-state index is -0.742. The van der Waals surface area contributed by atoms with E-state index in [-0.39, 0.29) is 45.9 Å². The number of nitrogens with two attached hydrogens (primary N) is 2. The zero-order valence-electron chi connectivity index (χ0n) is 23.4. The van der Waals surface area contributed by atoms with E-state index in [1.54, 1.807) is 12.1 Å². The third-order valence-corrected chi connectivity index (χ3v) is 6.78. The summed E-state index contributed by atoms with van der Waals surface area (Å²) >= 11 is 5.78. The molecule has 0 unspecified atom stereocenters. The summed E-state index contributed by atoms with van der Waals surface area (Å²) in [4.78, 5) is 30.4. The average Bonchev–Trinajstić information content (AvgIpc) is 2.93. The lowest BCUT2D eigenvalue weighted by molar-refractivity contribution is -0.105. The highest BCUT2D eigenvalue weighted by molar-refractivity contribution is 6.31. The Hall–Kier alpha value is -3.68. The van der Waals surface area contributed by atoms with Gasteiger partial charge in [0, 0.05) is 19.1 Å². The van der Waals surface area contributed by atoms with Crippen molar-refractivity contribution in [1.29, 1.82) is 5.41 Å². The number of carbonyl (C=O) groups excluding carboxylic acids is 2. The number of hydrogen-bond acceptors (Lipinski definition) is 10. The van der Waals surface area contributed by atoms with E-state index in [4.69, 9.17) is 28.5 Å². The molecule has 226 valence electrons. The van der Waals surface area contributed by atoms with Crippen LogP contribution in [-0.2, 0) is 4.79 Å². The molecule has 0 spiro atoms. The number of carbonyl (C=O) groups is 2. The topological polar surface area (TPSA) is 224 Å². The minimum absolute atomic E-state index is 0.0454. The minimum Gasteiger partial charge on any atom is -0.506 e. The SMILES string of the molecule is C[C@@H](CCCCCCCCCCNC(=N)NC(=O)c1nc(Cl)c(N)nc1N)NC[C@H](O)c1ccc(O)c(NC=O)c1. The first kappa shape index (κ1) is 33.5. The number of halogens is 1. The van der Waals surface area contributed by atoms with Crippen LogP contribution in [0.1, 0.15) is 86.9 Å². The summed E-state index contributed by atoms with van der Waals surface area (Å²) in [7, 11) is 0. The second-order valence-electron chi connectivity index (χ2n) is 9.87. The largest absolute Gasteiger partial charge is 0.506 e. The Balaban J connectivity index is 1.46. The Bertz CT molecular complexity index is 1150. The molecule has 0 saturated heterocycles. The highest BCUT2D eigenvalue weighted by Gasteiger charge is 2.17. The van der Waals surface area contributed by atoms with Gasteiger partial charge in [0.1, 0.15) is 5.75 Å². The maximum Gasteiger partial charge on any atom is 0.280 e. The van der Waals surface area contributed by atoms with E-state index in [1.807, 2.05) is 0 Å². The van der Waals surface area contributed by atoms with Gasteiger partial charge in [-0.05, 0) is 37.5 Å². The molecule has 0 aliphatic carbocycles. The van der Waals surface area contributed by atoms with Crippen molar-refractivity contribution in [2.75, 3.05) is 29.9 Å². The predicted octanol–water partition coefficient (Wildman–Crippen LogP) is 3.05. The van der Waals surface area contributed by atoms with Crippen molar-refractivity contribution in [2.45, 2.75) is 76.9 Å². The number of nitrogen functional groups attached to an aromatic ring is 2. The molecule has 0 saturated carbocycles. The Labute approximate surface area is 245 Å². The van der Waals surface area contributed by atoms with Gasteiger partial charge in [0.05, 0.1) is 11.8 Å². The molecule has 0 radical (unpaired) electrons. The maximum absolute atomic E-state index is 12.2. The first-order valence-corrected chi connectivity index (χ1v) is 14.2. The Morgan fingerprint density at radius 1 is 1.07 bits per heavy atom. The number of guanidine groups is 1. The van der Waals surface area contributed by atoms with E-state index in [2.05, 4.69) is 38.2 Å². The fourth-order valence-corrected chi connectivity index (χ4v) is 4.27. The van der Waals surface area contributed by atoms with Crippen molar-refractivity contribution in [3.05, 3.63) is 34.6 Å². The van der Waals surface area contributed by atoms with Gasteiger partial charge in [-0.3, -0.25) is 20.3 Å². The molecule has 13 nitrogen and oxygen atoms in total. The van der Waals surface area contributed by atoms with Gasteiger partial charge in [-0.25, -0.2) is 9.97 Å². The number of nitrogens with one attached hydrogen (secondary N) is 5. The number of hydrogen-bond donors (Lipinski definition) is 9. The molecule has 0 bridgehead atoms. The van der Waals surface area contributed by atoms with Gasteiger partial charge in [-0.15, -0.1) is 0 Å². The van der Waals surface area contributed by atoms with Crippen molar-refractivity contribution in [3.63, 3.8) is 0 Å². The van der Waals surface area contributed by atoms with E-state index >= 15 is 0 Å². The number of aromatic hydroxyl groups is 1. The highest BCUT2D eigenvalue weighted by Crippen LogP contribution is 2.26. The smallest absolute Gasteiger partial charge is 0.280 e. The molecular weight excluding hydrogens is 550 g/mol. The average molecular weight is 592 g/mol. The summed E-state index contributed by atoms with van der Waals surface area (Å²) in [5, 5.41) is 38.9. The van der Waals surface area contributed by atoms with Crippen LogP contribution in [0.3, 0.4) is 0 Å². The molecule has 0 aliphatic rings. The molecule has 1 aromatic heterocycles. The van der Waals surface area contributed by atoms with Crippen LogP contribution in [0.15, 0.2) is 18.2 Å². The molecule has 2 atom stereocenters. The number of unbranched alkanes of at least 4 members (excludes halogenated alkanes) is 7. The molecule has 14 heteroatoms. The monoisotopic (exact) mass is 591 g/mol. The van der Waals surface area contributed by atoms with E-state index in [0.717, 1.165) is 44.9 Å². The predicted molar refractivity (Wildman–Crippen MR) is 161 cm³/mol. The number of aliphatic hydroxyl groups is 1. The van der Waals surface area contributed by atoms with Gasteiger partial charge >= 0.3 is 0 Å². The van der Waals surface area contributed by atoms with Crippen molar-refractivity contribution in [1.82, 2.24) is 25.9 Å². The first-order valence-electron chi connectivity index (χ1n) is 13.8. The molecule has 2 rings (SSSR count). The van der Waals surface area contributed by atoms with Gasteiger partial charge < -0.3 is 37.6 Å². The number of amides is 2. The van der Waals surface area contributed by atoms with Gasteiger partial charge in [0.25, 0.3) is 5.91 Å².